The normalized spacial score (nSPS) is 13.2. The Kier molecular flexibility index (Phi) is 2.92. The molecule has 0 amide bonds. The van der Waals surface area contributed by atoms with E-state index < -0.39 is 0 Å². The van der Waals surface area contributed by atoms with Gasteiger partial charge in [-0.1, -0.05) is 12.1 Å². The Bertz CT molecular complexity index is 548. The van der Waals surface area contributed by atoms with E-state index in [-0.39, 0.29) is 0 Å². The Hall–Kier alpha value is -1.97. The van der Waals surface area contributed by atoms with Gasteiger partial charge in [0.2, 0.25) is 0 Å². The average molecular weight is 243 g/mol. The topological polar surface area (TPSA) is 39.1 Å². The number of nitrogens with one attached hydrogen (secondary N) is 1. The lowest BCUT2D eigenvalue weighted by molar-refractivity contribution is 0.357. The molecule has 2 heterocycles. The highest BCUT2D eigenvalue weighted by atomic mass is 16.5. The van der Waals surface area contributed by atoms with Gasteiger partial charge >= 0.3 is 0 Å². The van der Waals surface area contributed by atoms with Crippen LogP contribution in [0, 0.1) is 0 Å². The number of benzene rings is 1. The number of aromatic nitrogens is 2. The molecule has 0 spiro atoms. The van der Waals surface area contributed by atoms with Crippen molar-refractivity contribution in [1.82, 2.24) is 9.78 Å². The molecule has 1 aliphatic heterocycles. The SMILES string of the molecule is Cn1ccc(NCCc2ccc3c(c2)CCO3)n1. The van der Waals surface area contributed by atoms with Crippen molar-refractivity contribution in [3.05, 3.63) is 41.6 Å². The van der Waals surface area contributed by atoms with Crippen molar-refractivity contribution >= 4 is 5.82 Å². The monoisotopic (exact) mass is 243 g/mol. The molecule has 0 atom stereocenters. The first-order valence-electron chi connectivity index (χ1n) is 6.29. The van der Waals surface area contributed by atoms with Gasteiger partial charge in [0.25, 0.3) is 0 Å². The van der Waals surface area contributed by atoms with Crippen molar-refractivity contribution in [2.45, 2.75) is 12.8 Å². The molecule has 1 aromatic heterocycles. The molecule has 1 aliphatic rings. The van der Waals surface area contributed by atoms with Crippen LogP contribution < -0.4 is 10.1 Å². The van der Waals surface area contributed by atoms with Gasteiger partial charge in [0, 0.05) is 32.3 Å². The zero-order valence-corrected chi connectivity index (χ0v) is 10.5. The third-order valence-corrected chi connectivity index (χ3v) is 3.19. The summed E-state index contributed by atoms with van der Waals surface area (Å²) in [7, 11) is 1.92. The van der Waals surface area contributed by atoms with Gasteiger partial charge in [-0.15, -0.1) is 0 Å². The lowest BCUT2D eigenvalue weighted by atomic mass is 10.1. The summed E-state index contributed by atoms with van der Waals surface area (Å²) in [6, 6.07) is 8.46. The molecule has 0 saturated heterocycles. The Balaban J connectivity index is 1.57. The number of anilines is 1. The molecule has 0 saturated carbocycles. The maximum atomic E-state index is 5.50. The predicted octanol–water partition coefficient (Wildman–Crippen LogP) is 2.01. The standard InChI is InChI=1S/C14H17N3O/c1-17-8-5-14(16-17)15-7-4-11-2-3-13-12(10-11)6-9-18-13/h2-3,5,8,10H,4,6-7,9H2,1H3,(H,15,16). The highest BCUT2D eigenvalue weighted by Gasteiger charge is 2.11. The van der Waals surface area contributed by atoms with Crippen LogP contribution in [-0.2, 0) is 19.9 Å². The Morgan fingerprint density at radius 3 is 3.17 bits per heavy atom. The van der Waals surface area contributed by atoms with Crippen LogP contribution >= 0.6 is 0 Å². The molecule has 4 heteroatoms. The Morgan fingerprint density at radius 1 is 1.39 bits per heavy atom. The minimum atomic E-state index is 0.824. The van der Waals surface area contributed by atoms with Gasteiger partial charge < -0.3 is 10.1 Å². The number of rotatable bonds is 4. The first-order chi connectivity index (χ1) is 8.81. The number of fused-ring (bicyclic) bond motifs is 1. The van der Waals surface area contributed by atoms with Gasteiger partial charge in [-0.2, -0.15) is 5.10 Å². The largest absolute Gasteiger partial charge is 0.493 e. The maximum absolute atomic E-state index is 5.50. The molecule has 94 valence electrons. The summed E-state index contributed by atoms with van der Waals surface area (Å²) in [5, 5.41) is 7.60. The van der Waals surface area contributed by atoms with Crippen LogP contribution in [0.15, 0.2) is 30.5 Å². The fourth-order valence-electron chi connectivity index (χ4n) is 2.24. The van der Waals surface area contributed by atoms with Crippen molar-refractivity contribution in [3.63, 3.8) is 0 Å². The molecule has 2 aromatic rings. The fraction of sp³-hybridized carbons (Fsp3) is 0.357. The van der Waals surface area contributed by atoms with Crippen molar-refractivity contribution in [1.29, 1.82) is 0 Å². The van der Waals surface area contributed by atoms with Crippen molar-refractivity contribution in [2.24, 2.45) is 7.05 Å². The highest BCUT2D eigenvalue weighted by Crippen LogP contribution is 2.25. The van der Waals surface area contributed by atoms with Gasteiger partial charge in [0.05, 0.1) is 6.61 Å². The number of hydrogen-bond acceptors (Lipinski definition) is 3. The van der Waals surface area contributed by atoms with Gasteiger partial charge in [0.15, 0.2) is 0 Å². The van der Waals surface area contributed by atoms with E-state index in [0.717, 1.165) is 37.6 Å². The maximum Gasteiger partial charge on any atom is 0.147 e. The van der Waals surface area contributed by atoms with E-state index in [9.17, 15) is 0 Å². The predicted molar refractivity (Wildman–Crippen MR) is 71.0 cm³/mol. The molecule has 0 fully saturated rings. The Labute approximate surface area is 107 Å². The fourth-order valence-corrected chi connectivity index (χ4v) is 2.24. The number of ether oxygens (including phenoxy) is 1. The van der Waals surface area contributed by atoms with Crippen LogP contribution in [0.1, 0.15) is 11.1 Å². The van der Waals surface area contributed by atoms with Crippen LogP contribution in [0.25, 0.3) is 0 Å². The molecule has 0 aliphatic carbocycles. The summed E-state index contributed by atoms with van der Waals surface area (Å²) in [4.78, 5) is 0. The zero-order valence-electron chi connectivity index (χ0n) is 10.5. The summed E-state index contributed by atoms with van der Waals surface area (Å²) in [6.45, 7) is 1.72. The van der Waals surface area contributed by atoms with Crippen LogP contribution in [0.5, 0.6) is 5.75 Å². The molecule has 0 bridgehead atoms. The number of nitrogens with zero attached hydrogens (tertiary/aromatic N) is 2. The van der Waals surface area contributed by atoms with Gasteiger partial charge in [-0.25, -0.2) is 0 Å². The zero-order chi connectivity index (χ0) is 12.4. The van der Waals surface area contributed by atoms with Crippen LogP contribution in [0.3, 0.4) is 0 Å². The van der Waals surface area contributed by atoms with E-state index in [1.807, 2.05) is 19.3 Å². The minimum absolute atomic E-state index is 0.824. The molecule has 0 radical (unpaired) electrons. The number of aryl methyl sites for hydroxylation is 1. The minimum Gasteiger partial charge on any atom is -0.493 e. The van der Waals surface area contributed by atoms with Crippen LogP contribution in [0.2, 0.25) is 0 Å². The van der Waals surface area contributed by atoms with E-state index in [0.29, 0.717) is 0 Å². The third kappa shape index (κ3) is 2.32. The number of hydrogen-bond donors (Lipinski definition) is 1. The molecular formula is C14H17N3O. The van der Waals surface area contributed by atoms with Crippen molar-refractivity contribution in [2.75, 3.05) is 18.5 Å². The molecule has 18 heavy (non-hydrogen) atoms. The summed E-state index contributed by atoms with van der Waals surface area (Å²) in [5.74, 6) is 1.98. The third-order valence-electron chi connectivity index (χ3n) is 3.19. The first-order valence-corrected chi connectivity index (χ1v) is 6.29. The van der Waals surface area contributed by atoms with E-state index in [4.69, 9.17) is 4.74 Å². The second kappa shape index (κ2) is 4.72. The highest BCUT2D eigenvalue weighted by molar-refractivity contribution is 5.40. The smallest absolute Gasteiger partial charge is 0.147 e. The van der Waals surface area contributed by atoms with Gasteiger partial charge in [-0.3, -0.25) is 4.68 Å². The van der Waals surface area contributed by atoms with Crippen molar-refractivity contribution in [3.8, 4) is 5.75 Å². The summed E-state index contributed by atoms with van der Waals surface area (Å²) < 4.78 is 7.30. The van der Waals surface area contributed by atoms with Crippen molar-refractivity contribution < 1.29 is 4.74 Å². The Morgan fingerprint density at radius 2 is 2.33 bits per heavy atom. The first kappa shape index (κ1) is 11.1. The van der Waals surface area contributed by atoms with Gasteiger partial charge in [0.1, 0.15) is 11.6 Å². The molecule has 4 nitrogen and oxygen atoms in total. The lowest BCUT2D eigenvalue weighted by Gasteiger charge is -2.05. The van der Waals surface area contributed by atoms with Crippen LogP contribution in [0.4, 0.5) is 5.82 Å². The van der Waals surface area contributed by atoms with Gasteiger partial charge in [-0.05, 0) is 23.6 Å². The molecule has 1 N–H and O–H groups in total. The summed E-state index contributed by atoms with van der Waals surface area (Å²) in [5.41, 5.74) is 2.69. The molecule has 0 unspecified atom stereocenters. The lowest BCUT2D eigenvalue weighted by Crippen LogP contribution is -2.05. The summed E-state index contributed by atoms with van der Waals surface area (Å²) in [6.07, 6.45) is 3.98. The summed E-state index contributed by atoms with van der Waals surface area (Å²) >= 11 is 0. The average Bonchev–Trinajstić information content (AvgIpc) is 2.97. The second-order valence-corrected chi connectivity index (χ2v) is 4.59. The molecule has 3 rings (SSSR count). The van der Waals surface area contributed by atoms with E-state index in [1.165, 1.54) is 11.1 Å². The van der Waals surface area contributed by atoms with E-state index >= 15 is 0 Å². The van der Waals surface area contributed by atoms with E-state index in [1.54, 1.807) is 4.68 Å². The van der Waals surface area contributed by atoms with Crippen LogP contribution in [-0.4, -0.2) is 22.9 Å². The molecular weight excluding hydrogens is 226 g/mol. The van der Waals surface area contributed by atoms with E-state index in [2.05, 4.69) is 28.6 Å². The second-order valence-electron chi connectivity index (χ2n) is 4.59. The molecule has 1 aromatic carbocycles. The quantitative estimate of drug-likeness (QED) is 0.892.